The number of nitrogens with two attached hydrogens (primary N) is 2. The number of nitriles is 1. The van der Waals surface area contributed by atoms with Gasteiger partial charge in [0.1, 0.15) is 17.5 Å². The van der Waals surface area contributed by atoms with Gasteiger partial charge in [0.2, 0.25) is 5.95 Å². The molecule has 0 atom stereocenters. The van der Waals surface area contributed by atoms with Crippen molar-refractivity contribution in [1.82, 2.24) is 19.9 Å². The fourth-order valence-corrected chi connectivity index (χ4v) is 2.04. The Morgan fingerprint density at radius 1 is 1.05 bits per heavy atom. The number of nitrogens with one attached hydrogen (secondary N) is 1. The number of rotatable bonds is 2. The number of hydrogen-bond donors (Lipinski definition) is 3. The van der Waals surface area contributed by atoms with E-state index in [1.54, 1.807) is 12.5 Å². The number of anilines is 2. The lowest BCUT2D eigenvalue weighted by molar-refractivity contribution is 1.18. The Balaban J connectivity index is 2.08. The first-order valence-electron chi connectivity index (χ1n) is 6.11. The van der Waals surface area contributed by atoms with Gasteiger partial charge in [-0.25, -0.2) is 9.97 Å². The first-order chi connectivity index (χ1) is 10.2. The Kier molecular flexibility index (Phi) is 2.97. The molecule has 1 aromatic carbocycles. The second-order valence-corrected chi connectivity index (χ2v) is 4.35. The van der Waals surface area contributed by atoms with Crippen LogP contribution in [0.25, 0.3) is 22.5 Å². The van der Waals surface area contributed by atoms with Crippen LogP contribution in [-0.2, 0) is 0 Å². The molecule has 2 aromatic heterocycles. The van der Waals surface area contributed by atoms with Gasteiger partial charge in [-0.05, 0) is 5.56 Å². The number of nitrogen functional groups attached to an aromatic ring is 2. The van der Waals surface area contributed by atoms with E-state index in [4.69, 9.17) is 11.5 Å². The van der Waals surface area contributed by atoms with E-state index in [1.807, 2.05) is 30.3 Å². The summed E-state index contributed by atoms with van der Waals surface area (Å²) < 4.78 is 0. The SMILES string of the molecule is N#Cc1c(N)nc(N)nc1-c1ccc(-c2cnc[nH]2)cc1. The van der Waals surface area contributed by atoms with Crippen molar-refractivity contribution < 1.29 is 0 Å². The Morgan fingerprint density at radius 3 is 2.38 bits per heavy atom. The van der Waals surface area contributed by atoms with E-state index in [9.17, 15) is 5.26 Å². The van der Waals surface area contributed by atoms with Crippen molar-refractivity contribution >= 4 is 11.8 Å². The number of benzene rings is 1. The molecular formula is C14H11N7. The third-order valence-corrected chi connectivity index (χ3v) is 3.03. The van der Waals surface area contributed by atoms with Gasteiger partial charge < -0.3 is 16.5 Å². The molecule has 2 heterocycles. The summed E-state index contributed by atoms with van der Waals surface area (Å²) in [5, 5.41) is 9.19. The van der Waals surface area contributed by atoms with E-state index in [0.717, 1.165) is 16.8 Å². The molecular weight excluding hydrogens is 266 g/mol. The van der Waals surface area contributed by atoms with E-state index < -0.39 is 0 Å². The van der Waals surface area contributed by atoms with Crippen molar-refractivity contribution in [2.24, 2.45) is 0 Å². The molecule has 0 amide bonds. The zero-order valence-corrected chi connectivity index (χ0v) is 10.9. The average Bonchev–Trinajstić information content (AvgIpc) is 3.01. The van der Waals surface area contributed by atoms with E-state index in [0.29, 0.717) is 5.69 Å². The number of aromatic nitrogens is 4. The second kappa shape index (κ2) is 4.94. The molecule has 7 heteroatoms. The molecule has 0 spiro atoms. The molecule has 21 heavy (non-hydrogen) atoms. The third-order valence-electron chi connectivity index (χ3n) is 3.03. The predicted molar refractivity (Wildman–Crippen MR) is 78.6 cm³/mol. The highest BCUT2D eigenvalue weighted by atomic mass is 15.0. The van der Waals surface area contributed by atoms with Crippen LogP contribution in [0.2, 0.25) is 0 Å². The molecule has 0 fully saturated rings. The highest BCUT2D eigenvalue weighted by Crippen LogP contribution is 2.27. The second-order valence-electron chi connectivity index (χ2n) is 4.35. The number of imidazole rings is 1. The summed E-state index contributed by atoms with van der Waals surface area (Å²) in [4.78, 5) is 14.9. The first-order valence-corrected chi connectivity index (χ1v) is 6.11. The molecule has 7 nitrogen and oxygen atoms in total. The van der Waals surface area contributed by atoms with E-state index in [2.05, 4.69) is 19.9 Å². The van der Waals surface area contributed by atoms with Crippen molar-refractivity contribution in [3.8, 4) is 28.6 Å². The topological polar surface area (TPSA) is 130 Å². The Hall–Kier alpha value is -3.40. The summed E-state index contributed by atoms with van der Waals surface area (Å²) in [5.41, 5.74) is 14.6. The smallest absolute Gasteiger partial charge is 0.222 e. The van der Waals surface area contributed by atoms with Crippen LogP contribution in [0.4, 0.5) is 11.8 Å². The molecule has 0 saturated heterocycles. The minimum absolute atomic E-state index is 0.0409. The minimum Gasteiger partial charge on any atom is -0.382 e. The summed E-state index contributed by atoms with van der Waals surface area (Å²) in [5.74, 6) is 0.122. The quantitative estimate of drug-likeness (QED) is 0.651. The zero-order valence-electron chi connectivity index (χ0n) is 10.9. The highest BCUT2D eigenvalue weighted by molar-refractivity contribution is 5.74. The standard InChI is InChI=1S/C14H11N7/c15-5-10-12(20-14(17)21-13(10)16)9-3-1-8(2-4-9)11-6-18-7-19-11/h1-4,6-7H,(H,18,19)(H4,16,17,20,21). The molecule has 0 saturated carbocycles. The van der Waals surface area contributed by atoms with Crippen LogP contribution in [0.5, 0.6) is 0 Å². The van der Waals surface area contributed by atoms with E-state index in [1.165, 1.54) is 0 Å². The first kappa shape index (κ1) is 12.6. The van der Waals surface area contributed by atoms with Gasteiger partial charge in [0.25, 0.3) is 0 Å². The van der Waals surface area contributed by atoms with Crippen LogP contribution in [0, 0.1) is 11.3 Å². The summed E-state index contributed by atoms with van der Waals surface area (Å²) in [6.07, 6.45) is 3.35. The van der Waals surface area contributed by atoms with Crippen LogP contribution in [0.3, 0.4) is 0 Å². The van der Waals surface area contributed by atoms with Crippen LogP contribution >= 0.6 is 0 Å². The van der Waals surface area contributed by atoms with Gasteiger partial charge in [-0.3, -0.25) is 0 Å². The molecule has 0 aliphatic carbocycles. The van der Waals surface area contributed by atoms with Crippen molar-refractivity contribution in [1.29, 1.82) is 5.26 Å². The Bertz CT molecular complexity index is 814. The van der Waals surface area contributed by atoms with Crippen molar-refractivity contribution in [2.75, 3.05) is 11.5 Å². The summed E-state index contributed by atoms with van der Waals surface area (Å²) in [7, 11) is 0. The maximum atomic E-state index is 9.19. The van der Waals surface area contributed by atoms with E-state index >= 15 is 0 Å². The van der Waals surface area contributed by atoms with Gasteiger partial charge in [-0.1, -0.05) is 24.3 Å². The molecule has 0 aliphatic rings. The fourth-order valence-electron chi connectivity index (χ4n) is 2.04. The largest absolute Gasteiger partial charge is 0.382 e. The maximum absolute atomic E-state index is 9.19. The predicted octanol–water partition coefficient (Wildman–Crippen LogP) is 1.57. The van der Waals surface area contributed by atoms with E-state index in [-0.39, 0.29) is 17.3 Å². The number of aromatic amines is 1. The van der Waals surface area contributed by atoms with Gasteiger partial charge in [-0.2, -0.15) is 10.2 Å². The third kappa shape index (κ3) is 2.26. The lowest BCUT2D eigenvalue weighted by Crippen LogP contribution is -2.04. The molecule has 0 unspecified atom stereocenters. The zero-order chi connectivity index (χ0) is 14.8. The monoisotopic (exact) mass is 277 g/mol. The summed E-state index contributed by atoms with van der Waals surface area (Å²) in [6.45, 7) is 0. The van der Waals surface area contributed by atoms with Crippen LogP contribution in [0.15, 0.2) is 36.8 Å². The van der Waals surface area contributed by atoms with Crippen molar-refractivity contribution in [2.45, 2.75) is 0 Å². The van der Waals surface area contributed by atoms with Gasteiger partial charge in [0, 0.05) is 5.56 Å². The molecule has 0 aliphatic heterocycles. The van der Waals surface area contributed by atoms with Crippen LogP contribution < -0.4 is 11.5 Å². The van der Waals surface area contributed by atoms with Gasteiger partial charge >= 0.3 is 0 Å². The Morgan fingerprint density at radius 2 is 1.76 bits per heavy atom. The van der Waals surface area contributed by atoms with Crippen molar-refractivity contribution in [3.63, 3.8) is 0 Å². The van der Waals surface area contributed by atoms with Gasteiger partial charge in [0.15, 0.2) is 0 Å². The highest BCUT2D eigenvalue weighted by Gasteiger charge is 2.13. The normalized spacial score (nSPS) is 10.2. The molecule has 3 rings (SSSR count). The van der Waals surface area contributed by atoms with Crippen molar-refractivity contribution in [3.05, 3.63) is 42.4 Å². The lowest BCUT2D eigenvalue weighted by Gasteiger charge is -2.07. The molecule has 5 N–H and O–H groups in total. The van der Waals surface area contributed by atoms with Gasteiger partial charge in [-0.15, -0.1) is 0 Å². The molecule has 102 valence electrons. The number of nitrogens with zero attached hydrogens (tertiary/aromatic N) is 4. The molecule has 0 radical (unpaired) electrons. The number of H-pyrrole nitrogens is 1. The number of hydrogen-bond acceptors (Lipinski definition) is 6. The van der Waals surface area contributed by atoms with Crippen LogP contribution in [0.1, 0.15) is 5.56 Å². The molecule has 3 aromatic rings. The summed E-state index contributed by atoms with van der Waals surface area (Å²) >= 11 is 0. The lowest BCUT2D eigenvalue weighted by atomic mass is 10.0. The summed E-state index contributed by atoms with van der Waals surface area (Å²) in [6, 6.07) is 9.50. The average molecular weight is 277 g/mol. The van der Waals surface area contributed by atoms with Crippen LogP contribution in [-0.4, -0.2) is 19.9 Å². The molecule has 0 bridgehead atoms. The maximum Gasteiger partial charge on any atom is 0.222 e. The minimum atomic E-state index is 0.0409. The van der Waals surface area contributed by atoms with Gasteiger partial charge in [0.05, 0.1) is 23.9 Å². The fraction of sp³-hybridized carbons (Fsp3) is 0. The Labute approximate surface area is 120 Å².